The zero-order valence-electron chi connectivity index (χ0n) is 11.1. The summed E-state index contributed by atoms with van der Waals surface area (Å²) in [5, 5.41) is 8.00. The minimum absolute atomic E-state index is 0.666. The molecule has 0 unspecified atom stereocenters. The zero-order valence-corrected chi connectivity index (χ0v) is 11.1. The lowest BCUT2D eigenvalue weighted by Crippen LogP contribution is -2.32. The lowest BCUT2D eigenvalue weighted by atomic mass is 9.87. The molecule has 1 fully saturated rings. The van der Waals surface area contributed by atoms with E-state index in [2.05, 4.69) is 17.3 Å². The van der Waals surface area contributed by atoms with Crippen molar-refractivity contribution in [2.45, 2.75) is 45.2 Å². The Hall–Kier alpha value is -1.03. The van der Waals surface area contributed by atoms with Gasteiger partial charge in [-0.25, -0.2) is 4.68 Å². The van der Waals surface area contributed by atoms with Crippen molar-refractivity contribution >= 4 is 0 Å². The summed E-state index contributed by atoms with van der Waals surface area (Å²) < 4.78 is 6.98. The summed E-state index contributed by atoms with van der Waals surface area (Å²) in [6.45, 7) is 3.19. The molecule has 1 heterocycles. The molecular weight excluding hydrogens is 214 g/mol. The molecule has 1 aromatic heterocycles. The van der Waals surface area contributed by atoms with Gasteiger partial charge in [0.1, 0.15) is 0 Å². The molecule has 4 heteroatoms. The average molecular weight is 237 g/mol. The average Bonchev–Trinajstić information content (AvgIpc) is 2.69. The van der Waals surface area contributed by atoms with Gasteiger partial charge in [0.05, 0.1) is 12.8 Å². The molecule has 4 nitrogen and oxygen atoms in total. The topological polar surface area (TPSA) is 39.1 Å². The van der Waals surface area contributed by atoms with E-state index in [1.807, 2.05) is 13.1 Å². The van der Waals surface area contributed by atoms with Crippen molar-refractivity contribution in [2.24, 2.45) is 13.0 Å². The van der Waals surface area contributed by atoms with Gasteiger partial charge in [0.2, 0.25) is 5.88 Å². The predicted octanol–water partition coefficient (Wildman–Crippen LogP) is 2.10. The van der Waals surface area contributed by atoms with Crippen LogP contribution in [0.3, 0.4) is 0 Å². The Morgan fingerprint density at radius 3 is 2.71 bits per heavy atom. The standard InChI is InChI=1S/C13H23N3O/c1-10-4-6-11(7-5-10)14-9-12-8-13(17-3)16(2)15-12/h8,10-11,14H,4-7,9H2,1-3H3. The van der Waals surface area contributed by atoms with Gasteiger partial charge in [-0.1, -0.05) is 6.92 Å². The minimum Gasteiger partial charge on any atom is -0.481 e. The van der Waals surface area contributed by atoms with Crippen LogP contribution in [-0.4, -0.2) is 22.9 Å². The molecule has 0 radical (unpaired) electrons. The molecule has 0 aliphatic heterocycles. The van der Waals surface area contributed by atoms with E-state index in [9.17, 15) is 0 Å². The van der Waals surface area contributed by atoms with E-state index in [-0.39, 0.29) is 0 Å². The number of hydrogen-bond donors (Lipinski definition) is 1. The molecule has 1 aliphatic rings. The van der Waals surface area contributed by atoms with E-state index in [1.165, 1.54) is 25.7 Å². The van der Waals surface area contributed by atoms with Gasteiger partial charge in [-0.3, -0.25) is 0 Å². The van der Waals surface area contributed by atoms with E-state index >= 15 is 0 Å². The van der Waals surface area contributed by atoms with E-state index in [4.69, 9.17) is 4.74 Å². The number of aromatic nitrogens is 2. The second-order valence-corrected chi connectivity index (χ2v) is 5.14. The second-order valence-electron chi connectivity index (χ2n) is 5.14. The number of nitrogens with zero attached hydrogens (tertiary/aromatic N) is 2. The molecular formula is C13H23N3O. The summed E-state index contributed by atoms with van der Waals surface area (Å²) in [6.07, 6.45) is 5.29. The number of hydrogen-bond acceptors (Lipinski definition) is 3. The van der Waals surface area contributed by atoms with Crippen LogP contribution in [0.4, 0.5) is 0 Å². The summed E-state index contributed by atoms with van der Waals surface area (Å²) in [6, 6.07) is 2.66. The van der Waals surface area contributed by atoms with Crippen molar-refractivity contribution in [3.05, 3.63) is 11.8 Å². The Labute approximate surface area is 103 Å². The van der Waals surface area contributed by atoms with Crippen LogP contribution in [0.5, 0.6) is 5.88 Å². The van der Waals surface area contributed by atoms with Crippen LogP contribution in [0.2, 0.25) is 0 Å². The van der Waals surface area contributed by atoms with Crippen LogP contribution in [0.1, 0.15) is 38.3 Å². The maximum Gasteiger partial charge on any atom is 0.211 e. The second kappa shape index (κ2) is 5.54. The van der Waals surface area contributed by atoms with Crippen LogP contribution in [0.25, 0.3) is 0 Å². The number of methoxy groups -OCH3 is 1. The van der Waals surface area contributed by atoms with Crippen LogP contribution >= 0.6 is 0 Å². The molecule has 0 atom stereocenters. The van der Waals surface area contributed by atoms with Crippen LogP contribution in [0, 0.1) is 5.92 Å². The Morgan fingerprint density at radius 2 is 2.12 bits per heavy atom. The summed E-state index contributed by atoms with van der Waals surface area (Å²) in [7, 11) is 3.58. The summed E-state index contributed by atoms with van der Waals surface area (Å²) in [5.41, 5.74) is 1.06. The Bertz CT molecular complexity index is 354. The van der Waals surface area contributed by atoms with Crippen molar-refractivity contribution in [1.29, 1.82) is 0 Å². The Morgan fingerprint density at radius 1 is 1.41 bits per heavy atom. The SMILES string of the molecule is COc1cc(CNC2CCC(C)CC2)nn1C. The van der Waals surface area contributed by atoms with Crippen molar-refractivity contribution < 1.29 is 4.74 Å². The maximum absolute atomic E-state index is 5.20. The fraction of sp³-hybridized carbons (Fsp3) is 0.769. The van der Waals surface area contributed by atoms with Crippen LogP contribution < -0.4 is 10.1 Å². The lowest BCUT2D eigenvalue weighted by Gasteiger charge is -2.26. The molecule has 0 aromatic carbocycles. The lowest BCUT2D eigenvalue weighted by molar-refractivity contribution is 0.305. The van der Waals surface area contributed by atoms with Crippen molar-refractivity contribution in [3.63, 3.8) is 0 Å². The fourth-order valence-corrected chi connectivity index (χ4v) is 2.50. The smallest absolute Gasteiger partial charge is 0.211 e. The third-order valence-corrected chi connectivity index (χ3v) is 3.68. The third kappa shape index (κ3) is 3.22. The quantitative estimate of drug-likeness (QED) is 0.871. The van der Waals surface area contributed by atoms with Gasteiger partial charge in [-0.15, -0.1) is 0 Å². The van der Waals surface area contributed by atoms with Crippen molar-refractivity contribution in [2.75, 3.05) is 7.11 Å². The molecule has 2 rings (SSSR count). The van der Waals surface area contributed by atoms with E-state index in [0.29, 0.717) is 6.04 Å². The molecule has 1 aliphatic carbocycles. The summed E-state index contributed by atoms with van der Waals surface area (Å²) in [5.74, 6) is 1.72. The number of ether oxygens (including phenoxy) is 1. The summed E-state index contributed by atoms with van der Waals surface area (Å²) in [4.78, 5) is 0. The third-order valence-electron chi connectivity index (χ3n) is 3.68. The van der Waals surface area contributed by atoms with E-state index < -0.39 is 0 Å². The Balaban J connectivity index is 1.81. The normalized spacial score (nSPS) is 24.9. The number of nitrogens with one attached hydrogen (secondary N) is 1. The molecule has 0 bridgehead atoms. The summed E-state index contributed by atoms with van der Waals surface area (Å²) >= 11 is 0. The zero-order chi connectivity index (χ0) is 12.3. The van der Waals surface area contributed by atoms with Crippen LogP contribution in [-0.2, 0) is 13.6 Å². The molecule has 0 saturated heterocycles. The highest BCUT2D eigenvalue weighted by Crippen LogP contribution is 2.23. The monoisotopic (exact) mass is 237 g/mol. The highest BCUT2D eigenvalue weighted by atomic mass is 16.5. The Kier molecular flexibility index (Phi) is 4.05. The van der Waals surface area contributed by atoms with Gasteiger partial charge < -0.3 is 10.1 Å². The number of aryl methyl sites for hydroxylation is 1. The first kappa shape index (κ1) is 12.4. The molecule has 96 valence electrons. The predicted molar refractivity (Wildman–Crippen MR) is 68.0 cm³/mol. The minimum atomic E-state index is 0.666. The van der Waals surface area contributed by atoms with Crippen LogP contribution in [0.15, 0.2) is 6.07 Å². The maximum atomic E-state index is 5.20. The first-order valence-electron chi connectivity index (χ1n) is 6.49. The number of rotatable bonds is 4. The van der Waals surface area contributed by atoms with Gasteiger partial charge in [-0.2, -0.15) is 5.10 Å². The van der Waals surface area contributed by atoms with E-state index in [0.717, 1.165) is 24.0 Å². The highest BCUT2D eigenvalue weighted by molar-refractivity contribution is 5.15. The van der Waals surface area contributed by atoms with Gasteiger partial charge in [0, 0.05) is 25.7 Å². The van der Waals surface area contributed by atoms with Crippen molar-refractivity contribution in [3.8, 4) is 5.88 Å². The van der Waals surface area contributed by atoms with Gasteiger partial charge in [-0.05, 0) is 31.6 Å². The largest absolute Gasteiger partial charge is 0.481 e. The fourth-order valence-electron chi connectivity index (χ4n) is 2.50. The van der Waals surface area contributed by atoms with Gasteiger partial charge in [0.15, 0.2) is 0 Å². The molecule has 1 N–H and O–H groups in total. The first-order valence-corrected chi connectivity index (χ1v) is 6.49. The van der Waals surface area contributed by atoms with Crippen molar-refractivity contribution in [1.82, 2.24) is 15.1 Å². The van der Waals surface area contributed by atoms with Gasteiger partial charge in [0.25, 0.3) is 0 Å². The molecule has 0 spiro atoms. The molecule has 0 amide bonds. The molecule has 1 aromatic rings. The first-order chi connectivity index (χ1) is 8.19. The van der Waals surface area contributed by atoms with Gasteiger partial charge >= 0.3 is 0 Å². The highest BCUT2D eigenvalue weighted by Gasteiger charge is 2.17. The molecule has 17 heavy (non-hydrogen) atoms. The van der Waals surface area contributed by atoms with E-state index in [1.54, 1.807) is 11.8 Å². The molecule has 1 saturated carbocycles.